The zero-order valence-electron chi connectivity index (χ0n) is 17.2. The van der Waals surface area contributed by atoms with E-state index in [1.807, 2.05) is 6.07 Å². The van der Waals surface area contributed by atoms with Crippen LogP contribution in [0.4, 0.5) is 15.9 Å². The van der Waals surface area contributed by atoms with Crippen molar-refractivity contribution in [2.24, 2.45) is 11.1 Å². The third-order valence-electron chi connectivity index (χ3n) is 6.82. The highest BCUT2D eigenvalue weighted by molar-refractivity contribution is 5.88. The summed E-state index contributed by atoms with van der Waals surface area (Å²) >= 11 is 0. The van der Waals surface area contributed by atoms with E-state index < -0.39 is 0 Å². The second-order valence-corrected chi connectivity index (χ2v) is 8.69. The lowest BCUT2D eigenvalue weighted by molar-refractivity contribution is 0.438. The van der Waals surface area contributed by atoms with Gasteiger partial charge in [-0.25, -0.2) is 4.39 Å². The zero-order valence-corrected chi connectivity index (χ0v) is 17.2. The van der Waals surface area contributed by atoms with Gasteiger partial charge in [-0.15, -0.1) is 0 Å². The first kappa shape index (κ1) is 18.5. The average Bonchev–Trinajstić information content (AvgIpc) is 3.08. The fraction of sp³-hybridized carbons (Fsp3) is 0.348. The van der Waals surface area contributed by atoms with Crippen LogP contribution in [0.15, 0.2) is 36.7 Å². The second kappa shape index (κ2) is 6.62. The lowest BCUT2D eigenvalue weighted by Gasteiger charge is -2.22. The molecule has 1 saturated carbocycles. The van der Waals surface area contributed by atoms with Crippen LogP contribution in [-0.4, -0.2) is 41.1 Å². The first-order valence-electron chi connectivity index (χ1n) is 10.6. The summed E-state index contributed by atoms with van der Waals surface area (Å²) in [6.07, 6.45) is 6.01. The van der Waals surface area contributed by atoms with E-state index in [9.17, 15) is 4.39 Å². The number of aromatic nitrogens is 3. The highest BCUT2D eigenvalue weighted by Crippen LogP contribution is 2.54. The molecule has 1 saturated heterocycles. The number of ether oxygens (including phenoxy) is 1. The number of fused-ring (bicyclic) bond motifs is 3. The fourth-order valence-electron chi connectivity index (χ4n) is 5.03. The van der Waals surface area contributed by atoms with Gasteiger partial charge < -0.3 is 20.7 Å². The van der Waals surface area contributed by atoms with Gasteiger partial charge in [0.15, 0.2) is 0 Å². The first-order valence-corrected chi connectivity index (χ1v) is 10.6. The van der Waals surface area contributed by atoms with E-state index in [2.05, 4.69) is 15.2 Å². The van der Waals surface area contributed by atoms with Crippen LogP contribution in [0.2, 0.25) is 0 Å². The lowest BCUT2D eigenvalue weighted by atomic mass is 10.0. The van der Waals surface area contributed by atoms with Crippen molar-refractivity contribution in [1.29, 1.82) is 0 Å². The number of hydrogen-bond donors (Lipinski definition) is 2. The van der Waals surface area contributed by atoms with Crippen molar-refractivity contribution in [2.45, 2.75) is 25.3 Å². The predicted molar refractivity (Wildman–Crippen MR) is 116 cm³/mol. The number of pyridine rings is 1. The van der Waals surface area contributed by atoms with Crippen molar-refractivity contribution in [3.05, 3.63) is 53.7 Å². The van der Waals surface area contributed by atoms with Gasteiger partial charge in [0.25, 0.3) is 0 Å². The molecule has 1 aliphatic heterocycles. The van der Waals surface area contributed by atoms with Gasteiger partial charge in [-0.1, -0.05) is 0 Å². The fourth-order valence-corrected chi connectivity index (χ4v) is 5.03. The Labute approximate surface area is 179 Å². The van der Waals surface area contributed by atoms with Crippen LogP contribution in [0.25, 0.3) is 11.1 Å². The quantitative estimate of drug-likeness (QED) is 0.525. The molecule has 0 bridgehead atoms. The third-order valence-corrected chi connectivity index (χ3v) is 6.82. The Morgan fingerprint density at radius 1 is 1.32 bits per heavy atom. The van der Waals surface area contributed by atoms with E-state index in [1.165, 1.54) is 6.07 Å². The van der Waals surface area contributed by atoms with E-state index in [0.717, 1.165) is 59.8 Å². The molecule has 1 aromatic carbocycles. The van der Waals surface area contributed by atoms with Crippen molar-refractivity contribution < 1.29 is 9.13 Å². The number of rotatable bonds is 4. The summed E-state index contributed by atoms with van der Waals surface area (Å²) in [6.45, 7) is 1.72. The zero-order chi connectivity index (χ0) is 21.2. The molecule has 3 N–H and O–H groups in total. The first-order chi connectivity index (χ1) is 15.1. The molecule has 8 heteroatoms. The molecule has 6 rings (SSSR count). The minimum absolute atomic E-state index is 0.182. The summed E-state index contributed by atoms with van der Waals surface area (Å²) in [4.78, 5) is 15.9. The third kappa shape index (κ3) is 2.93. The molecular weight excluding hydrogens is 395 g/mol. The van der Waals surface area contributed by atoms with Gasteiger partial charge in [-0.05, 0) is 48.2 Å². The van der Waals surface area contributed by atoms with Crippen LogP contribution in [0, 0.1) is 11.2 Å². The topological polar surface area (TPSA) is 89.2 Å². The molecule has 0 radical (unpaired) electrons. The van der Waals surface area contributed by atoms with Gasteiger partial charge in [0.05, 0.1) is 11.9 Å². The number of nitrogens with two attached hydrogens (primary N) is 1. The van der Waals surface area contributed by atoms with Crippen molar-refractivity contribution in [3.8, 4) is 22.9 Å². The number of benzene rings is 1. The van der Waals surface area contributed by atoms with Crippen LogP contribution in [0.1, 0.15) is 24.1 Å². The summed E-state index contributed by atoms with van der Waals surface area (Å²) in [5.74, 6) is 1.10. The van der Waals surface area contributed by atoms with Gasteiger partial charge in [-0.2, -0.15) is 9.97 Å². The Hall–Kier alpha value is -3.26. The van der Waals surface area contributed by atoms with E-state index in [0.29, 0.717) is 12.2 Å². The Kier molecular flexibility index (Phi) is 3.95. The normalized spacial score (nSPS) is 23.1. The molecule has 158 valence electrons. The SMILES string of the molecule is CNc1cc(F)cc2c1Cc1nc(Oc3cccnc3)nc(N3CCC4(CC4N)C3)c1-2. The second-order valence-electron chi connectivity index (χ2n) is 8.69. The molecule has 2 atom stereocenters. The average molecular weight is 418 g/mol. The van der Waals surface area contributed by atoms with Crippen LogP contribution >= 0.6 is 0 Å². The van der Waals surface area contributed by atoms with Gasteiger partial charge in [0, 0.05) is 55.5 Å². The summed E-state index contributed by atoms with van der Waals surface area (Å²) in [7, 11) is 1.81. The van der Waals surface area contributed by atoms with Crippen LogP contribution in [0.5, 0.6) is 11.8 Å². The van der Waals surface area contributed by atoms with Gasteiger partial charge >= 0.3 is 6.01 Å². The molecule has 3 aliphatic rings. The number of nitrogens with zero attached hydrogens (tertiary/aromatic N) is 4. The summed E-state index contributed by atoms with van der Waals surface area (Å²) in [5, 5.41) is 3.12. The van der Waals surface area contributed by atoms with Gasteiger partial charge in [0.2, 0.25) is 0 Å². The molecule has 3 heterocycles. The molecule has 2 fully saturated rings. The summed E-state index contributed by atoms with van der Waals surface area (Å²) in [5.41, 5.74) is 10.8. The molecule has 7 nitrogen and oxygen atoms in total. The minimum atomic E-state index is -0.278. The minimum Gasteiger partial charge on any atom is -0.423 e. The van der Waals surface area contributed by atoms with Crippen molar-refractivity contribution in [2.75, 3.05) is 30.4 Å². The molecular formula is C23H23FN6O. The monoisotopic (exact) mass is 418 g/mol. The predicted octanol–water partition coefficient (Wildman–Crippen LogP) is 3.34. The van der Waals surface area contributed by atoms with Crippen LogP contribution in [-0.2, 0) is 6.42 Å². The Bertz CT molecular complexity index is 1190. The van der Waals surface area contributed by atoms with Crippen molar-refractivity contribution >= 4 is 11.5 Å². The van der Waals surface area contributed by atoms with Gasteiger partial charge in [-0.3, -0.25) is 4.98 Å². The summed E-state index contributed by atoms with van der Waals surface area (Å²) in [6, 6.07) is 7.27. The largest absolute Gasteiger partial charge is 0.423 e. The number of anilines is 2. The molecule has 3 aromatic rings. The Balaban J connectivity index is 1.47. The maximum Gasteiger partial charge on any atom is 0.324 e. The summed E-state index contributed by atoms with van der Waals surface area (Å²) < 4.78 is 20.4. The van der Waals surface area contributed by atoms with Crippen LogP contribution in [0.3, 0.4) is 0 Å². The molecule has 1 spiro atoms. The Morgan fingerprint density at radius 3 is 2.90 bits per heavy atom. The standard InChI is InChI=1S/C23H23FN6O/c1-26-17-8-13(24)7-16-15(17)9-18-20(16)21(30-6-4-23(12-30)10-19(23)25)29-22(28-18)31-14-3-2-5-27-11-14/h2-3,5,7-8,11,19,26H,4,6,9-10,12,25H2,1H3. The van der Waals surface area contributed by atoms with Gasteiger partial charge in [0.1, 0.15) is 17.4 Å². The smallest absolute Gasteiger partial charge is 0.324 e. The molecule has 2 unspecified atom stereocenters. The van der Waals surface area contributed by atoms with Crippen molar-refractivity contribution in [1.82, 2.24) is 15.0 Å². The van der Waals surface area contributed by atoms with E-state index >= 15 is 0 Å². The number of hydrogen-bond acceptors (Lipinski definition) is 7. The Morgan fingerprint density at radius 2 is 2.19 bits per heavy atom. The highest BCUT2D eigenvalue weighted by atomic mass is 19.1. The van der Waals surface area contributed by atoms with E-state index in [1.54, 1.807) is 31.6 Å². The molecule has 2 aliphatic carbocycles. The van der Waals surface area contributed by atoms with Crippen LogP contribution < -0.4 is 20.7 Å². The number of halogens is 1. The molecule has 2 aromatic heterocycles. The number of nitrogens with one attached hydrogen (secondary N) is 1. The maximum absolute atomic E-state index is 14.4. The maximum atomic E-state index is 14.4. The highest BCUT2D eigenvalue weighted by Gasteiger charge is 2.56. The van der Waals surface area contributed by atoms with Crippen molar-refractivity contribution in [3.63, 3.8) is 0 Å². The van der Waals surface area contributed by atoms with E-state index in [4.69, 9.17) is 20.4 Å². The molecule has 0 amide bonds. The lowest BCUT2D eigenvalue weighted by Crippen LogP contribution is -2.24. The molecule has 31 heavy (non-hydrogen) atoms. The van der Waals surface area contributed by atoms with E-state index in [-0.39, 0.29) is 23.3 Å².